The van der Waals surface area contributed by atoms with E-state index in [0.717, 1.165) is 24.0 Å². The summed E-state index contributed by atoms with van der Waals surface area (Å²) in [5.74, 6) is 5.83. The molecular weight excluding hydrogens is 266 g/mol. The van der Waals surface area contributed by atoms with Crippen molar-refractivity contribution < 1.29 is 15.0 Å². The van der Waals surface area contributed by atoms with Gasteiger partial charge in [0, 0.05) is 30.1 Å². The summed E-state index contributed by atoms with van der Waals surface area (Å²) in [6.45, 7) is 2.35. The summed E-state index contributed by atoms with van der Waals surface area (Å²) in [4.78, 5) is 14.3. The molecule has 4 nitrogen and oxygen atoms in total. The van der Waals surface area contributed by atoms with Crippen molar-refractivity contribution in [1.82, 2.24) is 4.90 Å². The van der Waals surface area contributed by atoms with E-state index in [4.69, 9.17) is 10.2 Å². The molecular formula is C17H21NO3. The molecule has 1 amide bonds. The maximum Gasteiger partial charge on any atom is 0.254 e. The molecule has 1 aromatic carbocycles. The van der Waals surface area contributed by atoms with Crippen molar-refractivity contribution >= 4 is 5.91 Å². The molecule has 1 aromatic rings. The van der Waals surface area contributed by atoms with Crippen molar-refractivity contribution in [3.05, 3.63) is 34.9 Å². The zero-order valence-corrected chi connectivity index (χ0v) is 12.3. The van der Waals surface area contributed by atoms with E-state index in [9.17, 15) is 4.79 Å². The number of aliphatic hydroxyl groups excluding tert-OH is 2. The fraction of sp³-hybridized carbons (Fsp3) is 0.471. The molecule has 4 heteroatoms. The van der Waals surface area contributed by atoms with Gasteiger partial charge in [-0.15, -0.1) is 0 Å². The lowest BCUT2D eigenvalue weighted by Gasteiger charge is -2.21. The van der Waals surface area contributed by atoms with Crippen LogP contribution >= 0.6 is 0 Å². The quantitative estimate of drug-likeness (QED) is 0.803. The van der Waals surface area contributed by atoms with E-state index < -0.39 is 0 Å². The standard InChI is InChI=1S/C17H21NO3/c1-13-5-6-15(12-14(13)4-2-3-10-19)17(21)18(9-11-20)16-7-8-16/h5-6,12,16,19-20H,3,7-11H2,1H3. The predicted octanol–water partition coefficient (Wildman–Crippen LogP) is 1.33. The number of amides is 1. The summed E-state index contributed by atoms with van der Waals surface area (Å²) in [7, 11) is 0. The number of hydrogen-bond acceptors (Lipinski definition) is 3. The Balaban J connectivity index is 2.21. The van der Waals surface area contributed by atoms with Crippen LogP contribution in [0.2, 0.25) is 0 Å². The molecule has 1 saturated carbocycles. The van der Waals surface area contributed by atoms with Gasteiger partial charge in [-0.2, -0.15) is 0 Å². The Hall–Kier alpha value is -1.83. The number of rotatable bonds is 5. The maximum absolute atomic E-state index is 12.5. The largest absolute Gasteiger partial charge is 0.395 e. The molecule has 21 heavy (non-hydrogen) atoms. The van der Waals surface area contributed by atoms with Gasteiger partial charge in [-0.3, -0.25) is 4.79 Å². The summed E-state index contributed by atoms with van der Waals surface area (Å²) in [5.41, 5.74) is 2.43. The Bertz CT molecular complexity index is 567. The van der Waals surface area contributed by atoms with Crippen LogP contribution in [0.5, 0.6) is 0 Å². The van der Waals surface area contributed by atoms with Crippen LogP contribution in [0, 0.1) is 18.8 Å². The first kappa shape index (κ1) is 15.6. The van der Waals surface area contributed by atoms with Gasteiger partial charge in [-0.05, 0) is 37.5 Å². The topological polar surface area (TPSA) is 60.8 Å². The molecule has 0 atom stereocenters. The predicted molar refractivity (Wildman–Crippen MR) is 80.9 cm³/mol. The molecule has 0 bridgehead atoms. The zero-order chi connectivity index (χ0) is 15.2. The molecule has 2 N–H and O–H groups in total. The van der Waals surface area contributed by atoms with Crippen molar-refractivity contribution in [3.63, 3.8) is 0 Å². The van der Waals surface area contributed by atoms with Crippen LogP contribution in [0.4, 0.5) is 0 Å². The van der Waals surface area contributed by atoms with Gasteiger partial charge >= 0.3 is 0 Å². The van der Waals surface area contributed by atoms with Gasteiger partial charge in [0.05, 0.1) is 13.2 Å². The zero-order valence-electron chi connectivity index (χ0n) is 12.3. The van der Waals surface area contributed by atoms with Crippen LogP contribution in [-0.2, 0) is 0 Å². The van der Waals surface area contributed by atoms with E-state index in [0.29, 0.717) is 18.5 Å². The second-order valence-corrected chi connectivity index (χ2v) is 5.26. The van der Waals surface area contributed by atoms with E-state index >= 15 is 0 Å². The Morgan fingerprint density at radius 1 is 1.33 bits per heavy atom. The molecule has 1 aliphatic carbocycles. The van der Waals surface area contributed by atoms with Gasteiger partial charge in [0.1, 0.15) is 0 Å². The SMILES string of the molecule is Cc1ccc(C(=O)N(CCO)C2CC2)cc1C#CCCO. The summed E-state index contributed by atoms with van der Waals surface area (Å²) in [6, 6.07) is 5.77. The highest BCUT2D eigenvalue weighted by atomic mass is 16.3. The van der Waals surface area contributed by atoms with Crippen molar-refractivity contribution in [2.45, 2.75) is 32.2 Å². The summed E-state index contributed by atoms with van der Waals surface area (Å²) in [6.07, 6.45) is 2.46. The third-order valence-electron chi connectivity index (χ3n) is 3.53. The van der Waals surface area contributed by atoms with Gasteiger partial charge in [0.15, 0.2) is 0 Å². The van der Waals surface area contributed by atoms with Crippen LogP contribution in [0.15, 0.2) is 18.2 Å². The number of benzene rings is 1. The van der Waals surface area contributed by atoms with Crippen LogP contribution in [0.1, 0.15) is 40.7 Å². The molecule has 1 aliphatic rings. The van der Waals surface area contributed by atoms with E-state index in [1.165, 1.54) is 0 Å². The smallest absolute Gasteiger partial charge is 0.254 e. The average molecular weight is 287 g/mol. The van der Waals surface area contributed by atoms with E-state index in [1.54, 1.807) is 11.0 Å². The summed E-state index contributed by atoms with van der Waals surface area (Å²) < 4.78 is 0. The van der Waals surface area contributed by atoms with Crippen molar-refractivity contribution in [2.24, 2.45) is 0 Å². The second kappa shape index (κ2) is 7.26. The highest BCUT2D eigenvalue weighted by Crippen LogP contribution is 2.28. The number of aryl methyl sites for hydroxylation is 1. The van der Waals surface area contributed by atoms with Gasteiger partial charge in [-0.25, -0.2) is 0 Å². The lowest BCUT2D eigenvalue weighted by molar-refractivity contribution is 0.0707. The summed E-state index contributed by atoms with van der Waals surface area (Å²) >= 11 is 0. The minimum absolute atomic E-state index is 0.0166. The Labute approximate surface area is 125 Å². The molecule has 112 valence electrons. The Kier molecular flexibility index (Phi) is 5.38. The third-order valence-corrected chi connectivity index (χ3v) is 3.53. The first-order valence-corrected chi connectivity index (χ1v) is 7.29. The lowest BCUT2D eigenvalue weighted by atomic mass is 10.0. The molecule has 0 unspecified atom stereocenters. The van der Waals surface area contributed by atoms with Gasteiger partial charge < -0.3 is 15.1 Å². The second-order valence-electron chi connectivity index (χ2n) is 5.26. The fourth-order valence-electron chi connectivity index (χ4n) is 2.21. The fourth-order valence-corrected chi connectivity index (χ4v) is 2.21. The van der Waals surface area contributed by atoms with E-state index in [1.807, 2.05) is 19.1 Å². The number of hydrogen-bond donors (Lipinski definition) is 2. The Morgan fingerprint density at radius 2 is 2.10 bits per heavy atom. The minimum Gasteiger partial charge on any atom is -0.395 e. The van der Waals surface area contributed by atoms with E-state index in [2.05, 4.69) is 11.8 Å². The summed E-state index contributed by atoms with van der Waals surface area (Å²) in [5, 5.41) is 17.9. The maximum atomic E-state index is 12.5. The molecule has 0 radical (unpaired) electrons. The number of carbonyl (C=O) groups excluding carboxylic acids is 1. The average Bonchev–Trinajstić information content (AvgIpc) is 3.31. The monoisotopic (exact) mass is 287 g/mol. The van der Waals surface area contributed by atoms with Crippen molar-refractivity contribution in [3.8, 4) is 11.8 Å². The third kappa shape index (κ3) is 4.07. The van der Waals surface area contributed by atoms with Crippen LogP contribution in [0.25, 0.3) is 0 Å². The Morgan fingerprint density at radius 3 is 2.71 bits per heavy atom. The molecule has 1 fully saturated rings. The van der Waals surface area contributed by atoms with Crippen molar-refractivity contribution in [1.29, 1.82) is 0 Å². The molecule has 0 aromatic heterocycles. The molecule has 0 aliphatic heterocycles. The first-order valence-electron chi connectivity index (χ1n) is 7.29. The van der Waals surface area contributed by atoms with Gasteiger partial charge in [-0.1, -0.05) is 17.9 Å². The highest BCUT2D eigenvalue weighted by molar-refractivity contribution is 5.95. The number of aliphatic hydroxyl groups is 2. The highest BCUT2D eigenvalue weighted by Gasteiger charge is 2.32. The normalized spacial score (nSPS) is 13.5. The van der Waals surface area contributed by atoms with Crippen LogP contribution in [-0.4, -0.2) is 46.8 Å². The molecule has 0 spiro atoms. The molecule has 0 saturated heterocycles. The van der Waals surface area contributed by atoms with E-state index in [-0.39, 0.29) is 25.2 Å². The van der Waals surface area contributed by atoms with Gasteiger partial charge in [0.25, 0.3) is 5.91 Å². The lowest BCUT2D eigenvalue weighted by Crippen LogP contribution is -2.35. The van der Waals surface area contributed by atoms with Crippen LogP contribution in [0.3, 0.4) is 0 Å². The number of nitrogens with zero attached hydrogens (tertiary/aromatic N) is 1. The molecule has 2 rings (SSSR count). The first-order chi connectivity index (χ1) is 10.2. The van der Waals surface area contributed by atoms with Gasteiger partial charge in [0.2, 0.25) is 0 Å². The van der Waals surface area contributed by atoms with Crippen LogP contribution < -0.4 is 0 Å². The number of carbonyl (C=O) groups is 1. The molecule has 0 heterocycles. The minimum atomic E-state index is -0.0447. The van der Waals surface area contributed by atoms with Crippen molar-refractivity contribution in [2.75, 3.05) is 19.8 Å².